The Morgan fingerprint density at radius 2 is 1.82 bits per heavy atom. The summed E-state index contributed by atoms with van der Waals surface area (Å²) in [6.45, 7) is 8.56. The fourth-order valence-corrected chi connectivity index (χ4v) is 2.22. The maximum absolute atomic E-state index is 11.8. The zero-order valence-corrected chi connectivity index (χ0v) is 11.2. The molecule has 0 aromatic heterocycles. The van der Waals surface area contributed by atoms with Crippen molar-refractivity contribution in [2.45, 2.75) is 40.5 Å². The van der Waals surface area contributed by atoms with E-state index >= 15 is 0 Å². The zero-order valence-electron chi connectivity index (χ0n) is 11.2. The second kappa shape index (κ2) is 5.85. The number of carbonyl (C=O) groups is 1. The Morgan fingerprint density at radius 1 is 1.24 bits per heavy atom. The van der Waals surface area contributed by atoms with Crippen LogP contribution in [-0.2, 0) is 4.79 Å². The van der Waals surface area contributed by atoms with E-state index in [0.717, 1.165) is 6.42 Å². The first kappa shape index (κ1) is 13.8. The van der Waals surface area contributed by atoms with E-state index < -0.39 is 0 Å². The van der Waals surface area contributed by atoms with Crippen LogP contribution >= 0.6 is 0 Å². The molecule has 1 aromatic rings. The van der Waals surface area contributed by atoms with Gasteiger partial charge in [-0.1, -0.05) is 45.9 Å². The molecule has 0 aliphatic rings. The van der Waals surface area contributed by atoms with Gasteiger partial charge in [0.2, 0.25) is 0 Å². The Hall–Kier alpha value is -1.31. The van der Waals surface area contributed by atoms with Crippen molar-refractivity contribution in [3.05, 3.63) is 30.3 Å². The van der Waals surface area contributed by atoms with Gasteiger partial charge in [-0.3, -0.25) is 4.79 Å². The first-order valence-corrected chi connectivity index (χ1v) is 6.15. The first-order valence-electron chi connectivity index (χ1n) is 6.15. The molecule has 0 saturated heterocycles. The van der Waals surface area contributed by atoms with E-state index in [1.54, 1.807) is 12.1 Å². The second-order valence-electron chi connectivity index (χ2n) is 5.73. The standard InChI is InChI=1S/C15H22O2/c1-12(2)10-15(3,4)11-14(16)17-13-8-6-5-7-9-13/h5-9,12H,10-11H2,1-4H3. The highest BCUT2D eigenvalue weighted by Gasteiger charge is 2.24. The SMILES string of the molecule is CC(C)CC(C)(C)CC(=O)Oc1ccccc1. The Balaban J connectivity index is 2.50. The molecular formula is C15H22O2. The van der Waals surface area contributed by atoms with Gasteiger partial charge in [-0.15, -0.1) is 0 Å². The zero-order chi connectivity index (χ0) is 12.9. The van der Waals surface area contributed by atoms with Gasteiger partial charge in [-0.2, -0.15) is 0 Å². The van der Waals surface area contributed by atoms with E-state index in [4.69, 9.17) is 4.74 Å². The topological polar surface area (TPSA) is 26.3 Å². The molecule has 2 heteroatoms. The molecule has 0 radical (unpaired) electrons. The first-order chi connectivity index (χ1) is 7.89. The van der Waals surface area contributed by atoms with E-state index in [2.05, 4.69) is 27.7 Å². The van der Waals surface area contributed by atoms with Crippen molar-refractivity contribution in [3.8, 4) is 5.75 Å². The molecule has 0 aliphatic heterocycles. The van der Waals surface area contributed by atoms with Gasteiger partial charge >= 0.3 is 5.97 Å². The number of rotatable bonds is 5. The van der Waals surface area contributed by atoms with Gasteiger partial charge in [0.15, 0.2) is 0 Å². The molecule has 0 amide bonds. The summed E-state index contributed by atoms with van der Waals surface area (Å²) in [4.78, 5) is 11.8. The minimum Gasteiger partial charge on any atom is -0.427 e. The molecule has 0 saturated carbocycles. The van der Waals surface area contributed by atoms with Gasteiger partial charge in [-0.25, -0.2) is 0 Å². The fourth-order valence-electron chi connectivity index (χ4n) is 2.22. The Bertz CT molecular complexity index is 352. The van der Waals surface area contributed by atoms with Gasteiger partial charge in [0, 0.05) is 0 Å². The van der Waals surface area contributed by atoms with Crippen LogP contribution in [0.5, 0.6) is 5.75 Å². The second-order valence-corrected chi connectivity index (χ2v) is 5.73. The summed E-state index contributed by atoms with van der Waals surface area (Å²) in [5.74, 6) is 1.06. The average molecular weight is 234 g/mol. The minimum atomic E-state index is -0.151. The fraction of sp³-hybridized carbons (Fsp3) is 0.533. The molecule has 1 rings (SSSR count). The molecule has 0 spiro atoms. The van der Waals surface area contributed by atoms with Gasteiger partial charge in [0.05, 0.1) is 6.42 Å². The predicted molar refractivity (Wildman–Crippen MR) is 69.9 cm³/mol. The van der Waals surface area contributed by atoms with E-state index in [1.165, 1.54) is 0 Å². The molecule has 0 heterocycles. The molecule has 94 valence electrons. The number of benzene rings is 1. The Kier molecular flexibility index (Phi) is 4.73. The van der Waals surface area contributed by atoms with Crippen LogP contribution in [0.1, 0.15) is 40.5 Å². The normalized spacial score (nSPS) is 11.6. The van der Waals surface area contributed by atoms with Crippen molar-refractivity contribution in [1.29, 1.82) is 0 Å². The highest BCUT2D eigenvalue weighted by molar-refractivity contribution is 5.73. The van der Waals surface area contributed by atoms with Crippen molar-refractivity contribution < 1.29 is 9.53 Å². The molecule has 1 aromatic carbocycles. The lowest BCUT2D eigenvalue weighted by molar-refractivity contribution is -0.136. The monoisotopic (exact) mass is 234 g/mol. The van der Waals surface area contributed by atoms with Gasteiger partial charge < -0.3 is 4.74 Å². The lowest BCUT2D eigenvalue weighted by Crippen LogP contribution is -2.22. The highest BCUT2D eigenvalue weighted by Crippen LogP contribution is 2.29. The lowest BCUT2D eigenvalue weighted by atomic mass is 9.81. The third-order valence-corrected chi connectivity index (χ3v) is 2.56. The van der Waals surface area contributed by atoms with Gasteiger partial charge in [0.1, 0.15) is 5.75 Å². The van der Waals surface area contributed by atoms with Crippen LogP contribution in [0.2, 0.25) is 0 Å². The average Bonchev–Trinajstić information content (AvgIpc) is 2.15. The molecule has 2 nitrogen and oxygen atoms in total. The van der Waals surface area contributed by atoms with Crippen molar-refractivity contribution in [2.75, 3.05) is 0 Å². The maximum Gasteiger partial charge on any atom is 0.311 e. The number of ether oxygens (including phenoxy) is 1. The van der Waals surface area contributed by atoms with Crippen molar-refractivity contribution >= 4 is 5.97 Å². The Morgan fingerprint density at radius 3 is 2.35 bits per heavy atom. The van der Waals surface area contributed by atoms with Crippen LogP contribution in [0.3, 0.4) is 0 Å². The van der Waals surface area contributed by atoms with Crippen LogP contribution in [0.15, 0.2) is 30.3 Å². The summed E-state index contributed by atoms with van der Waals surface area (Å²) >= 11 is 0. The van der Waals surface area contributed by atoms with Crippen molar-refractivity contribution in [1.82, 2.24) is 0 Å². The number of para-hydroxylation sites is 1. The van der Waals surface area contributed by atoms with Crippen LogP contribution in [-0.4, -0.2) is 5.97 Å². The summed E-state index contributed by atoms with van der Waals surface area (Å²) in [6, 6.07) is 9.23. The Labute approximate surface area is 104 Å². The van der Waals surface area contributed by atoms with E-state index in [0.29, 0.717) is 18.1 Å². The summed E-state index contributed by atoms with van der Waals surface area (Å²) in [6.07, 6.45) is 1.48. The number of hydrogen-bond donors (Lipinski definition) is 0. The number of carbonyl (C=O) groups excluding carboxylic acids is 1. The van der Waals surface area contributed by atoms with Gasteiger partial charge in [-0.05, 0) is 29.9 Å². The lowest BCUT2D eigenvalue weighted by Gasteiger charge is -2.25. The number of hydrogen-bond acceptors (Lipinski definition) is 2. The number of esters is 1. The molecule has 0 aliphatic carbocycles. The highest BCUT2D eigenvalue weighted by atomic mass is 16.5. The maximum atomic E-state index is 11.8. The largest absolute Gasteiger partial charge is 0.427 e. The third kappa shape index (κ3) is 5.53. The summed E-state index contributed by atoms with van der Waals surface area (Å²) in [7, 11) is 0. The molecule has 0 fully saturated rings. The summed E-state index contributed by atoms with van der Waals surface area (Å²) < 4.78 is 5.29. The predicted octanol–water partition coefficient (Wildman–Crippen LogP) is 4.05. The molecule has 17 heavy (non-hydrogen) atoms. The smallest absolute Gasteiger partial charge is 0.311 e. The van der Waals surface area contributed by atoms with Crippen molar-refractivity contribution in [3.63, 3.8) is 0 Å². The van der Waals surface area contributed by atoms with Crippen molar-refractivity contribution in [2.24, 2.45) is 11.3 Å². The molecular weight excluding hydrogens is 212 g/mol. The third-order valence-electron chi connectivity index (χ3n) is 2.56. The van der Waals surface area contributed by atoms with Crippen LogP contribution in [0, 0.1) is 11.3 Å². The van der Waals surface area contributed by atoms with Crippen LogP contribution < -0.4 is 4.74 Å². The summed E-state index contributed by atoms with van der Waals surface area (Å²) in [5.41, 5.74) is 0.0000301. The van der Waals surface area contributed by atoms with E-state index in [-0.39, 0.29) is 11.4 Å². The molecule has 0 bridgehead atoms. The van der Waals surface area contributed by atoms with Crippen LogP contribution in [0.4, 0.5) is 0 Å². The molecule has 0 unspecified atom stereocenters. The van der Waals surface area contributed by atoms with E-state index in [1.807, 2.05) is 18.2 Å². The van der Waals surface area contributed by atoms with Crippen LogP contribution in [0.25, 0.3) is 0 Å². The summed E-state index contributed by atoms with van der Waals surface area (Å²) in [5, 5.41) is 0. The molecule has 0 N–H and O–H groups in total. The molecule has 0 atom stereocenters. The van der Waals surface area contributed by atoms with Gasteiger partial charge in [0.25, 0.3) is 0 Å². The van der Waals surface area contributed by atoms with E-state index in [9.17, 15) is 4.79 Å². The minimum absolute atomic E-state index is 0.0000301. The quantitative estimate of drug-likeness (QED) is 0.567.